The molecule has 8 bridgehead atoms. The lowest BCUT2D eigenvalue weighted by molar-refractivity contribution is -0.00654. The topological polar surface area (TPSA) is 58.9 Å². The van der Waals surface area contributed by atoms with Gasteiger partial charge in [0.05, 0.1) is 13.2 Å². The van der Waals surface area contributed by atoms with E-state index in [1.165, 1.54) is 93.6 Å². The van der Waals surface area contributed by atoms with E-state index in [9.17, 15) is 10.2 Å². The molecule has 8 aliphatic rings. The fourth-order valence-electron chi connectivity index (χ4n) is 11.6. The fraction of sp³-hybridized carbons (Fsp3) is 0.706. The summed E-state index contributed by atoms with van der Waals surface area (Å²) in [7, 11) is 0. The average molecular weight is 517 g/mol. The van der Waals surface area contributed by atoms with Gasteiger partial charge in [0.15, 0.2) is 0 Å². The summed E-state index contributed by atoms with van der Waals surface area (Å²) >= 11 is 0. The summed E-state index contributed by atoms with van der Waals surface area (Å²) in [5, 5.41) is 21.7. The van der Waals surface area contributed by atoms with E-state index in [4.69, 9.17) is 9.47 Å². The smallest absolute Gasteiger partial charge is 0.131 e. The third-order valence-corrected chi connectivity index (χ3v) is 12.0. The van der Waals surface area contributed by atoms with Gasteiger partial charge in [-0.15, -0.1) is 0 Å². The quantitative estimate of drug-likeness (QED) is 0.420. The van der Waals surface area contributed by atoms with Crippen LogP contribution in [0.4, 0.5) is 0 Å². The third kappa shape index (κ3) is 3.69. The van der Waals surface area contributed by atoms with E-state index in [-0.39, 0.29) is 18.6 Å². The van der Waals surface area contributed by atoms with Crippen LogP contribution < -0.4 is 9.47 Å². The van der Waals surface area contributed by atoms with Gasteiger partial charge in [-0.1, -0.05) is 12.1 Å². The first-order valence-corrected chi connectivity index (χ1v) is 15.7. The van der Waals surface area contributed by atoms with Crippen molar-refractivity contribution >= 4 is 10.8 Å². The van der Waals surface area contributed by atoms with Crippen molar-refractivity contribution in [2.45, 2.75) is 87.9 Å². The second kappa shape index (κ2) is 8.86. The molecule has 0 atom stereocenters. The molecule has 8 saturated carbocycles. The minimum absolute atomic E-state index is 0.0162. The number of aliphatic hydroxyl groups is 2. The van der Waals surface area contributed by atoms with Crippen LogP contribution in [0.2, 0.25) is 0 Å². The Labute approximate surface area is 227 Å². The Bertz CT molecular complexity index is 1160. The van der Waals surface area contributed by atoms with Crippen LogP contribution in [0.5, 0.6) is 11.5 Å². The van der Waals surface area contributed by atoms with Crippen molar-refractivity contribution in [1.82, 2.24) is 0 Å². The molecule has 0 aliphatic heterocycles. The van der Waals surface area contributed by atoms with Crippen LogP contribution in [0.1, 0.15) is 88.2 Å². The van der Waals surface area contributed by atoms with Gasteiger partial charge < -0.3 is 19.7 Å². The highest BCUT2D eigenvalue weighted by molar-refractivity contribution is 5.95. The van der Waals surface area contributed by atoms with Gasteiger partial charge in [0.2, 0.25) is 0 Å². The molecular formula is C34H44O4. The van der Waals surface area contributed by atoms with Crippen LogP contribution >= 0.6 is 0 Å². The van der Waals surface area contributed by atoms with E-state index in [0.29, 0.717) is 18.6 Å². The molecule has 204 valence electrons. The van der Waals surface area contributed by atoms with Crippen molar-refractivity contribution in [3.8, 4) is 11.5 Å². The van der Waals surface area contributed by atoms with Crippen LogP contribution in [0.3, 0.4) is 0 Å². The van der Waals surface area contributed by atoms with Gasteiger partial charge in [0, 0.05) is 16.3 Å². The van der Waals surface area contributed by atoms with Crippen molar-refractivity contribution in [2.24, 2.45) is 35.5 Å². The zero-order chi connectivity index (χ0) is 25.5. The first-order chi connectivity index (χ1) is 18.6. The molecule has 0 spiro atoms. The van der Waals surface area contributed by atoms with E-state index < -0.39 is 0 Å². The van der Waals surface area contributed by atoms with Gasteiger partial charge >= 0.3 is 0 Å². The fourth-order valence-corrected chi connectivity index (χ4v) is 11.6. The molecule has 4 nitrogen and oxygen atoms in total. The molecule has 0 amide bonds. The van der Waals surface area contributed by atoms with E-state index >= 15 is 0 Å². The van der Waals surface area contributed by atoms with E-state index in [0.717, 1.165) is 52.4 Å². The van der Waals surface area contributed by atoms with Gasteiger partial charge in [-0.3, -0.25) is 0 Å². The monoisotopic (exact) mass is 516 g/mol. The predicted octanol–water partition coefficient (Wildman–Crippen LogP) is 6.52. The van der Waals surface area contributed by atoms with E-state index in [1.807, 2.05) is 0 Å². The summed E-state index contributed by atoms with van der Waals surface area (Å²) in [6.07, 6.45) is 16.4. The highest BCUT2D eigenvalue weighted by Crippen LogP contribution is 2.64. The molecule has 8 aliphatic carbocycles. The van der Waals surface area contributed by atoms with Crippen molar-refractivity contribution in [3.63, 3.8) is 0 Å². The van der Waals surface area contributed by atoms with Crippen molar-refractivity contribution in [3.05, 3.63) is 35.4 Å². The van der Waals surface area contributed by atoms with Gasteiger partial charge in [-0.25, -0.2) is 0 Å². The number of benzene rings is 2. The maximum absolute atomic E-state index is 9.83. The van der Waals surface area contributed by atoms with Gasteiger partial charge in [-0.05, 0) is 141 Å². The zero-order valence-corrected chi connectivity index (χ0v) is 22.8. The molecule has 2 N–H and O–H groups in total. The molecule has 0 unspecified atom stereocenters. The van der Waals surface area contributed by atoms with Crippen molar-refractivity contribution in [1.29, 1.82) is 0 Å². The molecule has 38 heavy (non-hydrogen) atoms. The van der Waals surface area contributed by atoms with Crippen LogP contribution in [0, 0.1) is 35.5 Å². The van der Waals surface area contributed by atoms with E-state index in [1.54, 1.807) is 0 Å². The SMILES string of the molecule is OCCOc1cc(C23CC4CC(CC(C4)C2)C3)c(OCCO)c2cc(C34CC5CC(CC(C5)C3)C4)ccc12. The normalized spacial score (nSPS) is 40.3. The summed E-state index contributed by atoms with van der Waals surface area (Å²) in [5.41, 5.74) is 3.31. The van der Waals surface area contributed by atoms with Gasteiger partial charge in [0.25, 0.3) is 0 Å². The minimum atomic E-state index is 0.0162. The maximum atomic E-state index is 9.83. The predicted molar refractivity (Wildman–Crippen MR) is 149 cm³/mol. The molecule has 0 saturated heterocycles. The maximum Gasteiger partial charge on any atom is 0.131 e. The highest BCUT2D eigenvalue weighted by atomic mass is 16.5. The molecule has 2 aromatic rings. The first kappa shape index (κ1) is 24.1. The Morgan fingerprint density at radius 1 is 0.605 bits per heavy atom. The number of hydrogen-bond acceptors (Lipinski definition) is 4. The molecule has 8 fully saturated rings. The summed E-state index contributed by atoms with van der Waals surface area (Å²) in [6, 6.07) is 9.43. The Morgan fingerprint density at radius 3 is 1.63 bits per heavy atom. The third-order valence-electron chi connectivity index (χ3n) is 12.0. The Kier molecular flexibility index (Phi) is 5.61. The average Bonchev–Trinajstić information content (AvgIpc) is 2.89. The van der Waals surface area contributed by atoms with Crippen LogP contribution in [0.25, 0.3) is 10.8 Å². The molecule has 0 radical (unpaired) electrons. The highest BCUT2D eigenvalue weighted by Gasteiger charge is 2.54. The molecule has 10 rings (SSSR count). The van der Waals surface area contributed by atoms with Gasteiger partial charge in [0.1, 0.15) is 24.7 Å². The largest absolute Gasteiger partial charge is 0.491 e. The second-order valence-electron chi connectivity index (χ2n) is 14.6. The molecule has 2 aromatic carbocycles. The molecule has 4 heteroatoms. The Hall–Kier alpha value is -1.78. The second-order valence-corrected chi connectivity index (χ2v) is 14.6. The van der Waals surface area contributed by atoms with Crippen LogP contribution in [-0.4, -0.2) is 36.6 Å². The van der Waals surface area contributed by atoms with Crippen LogP contribution in [0.15, 0.2) is 24.3 Å². The number of ether oxygens (including phenoxy) is 2. The number of rotatable bonds is 8. The summed E-state index contributed by atoms with van der Waals surface area (Å²) in [5.74, 6) is 7.14. The first-order valence-electron chi connectivity index (χ1n) is 15.7. The van der Waals surface area contributed by atoms with Crippen LogP contribution in [-0.2, 0) is 10.8 Å². The number of aliphatic hydroxyl groups excluding tert-OH is 2. The van der Waals surface area contributed by atoms with E-state index in [2.05, 4.69) is 24.3 Å². The minimum Gasteiger partial charge on any atom is -0.491 e. The molecule has 0 aromatic heterocycles. The van der Waals surface area contributed by atoms with Crippen molar-refractivity contribution in [2.75, 3.05) is 26.4 Å². The summed E-state index contributed by atoms with van der Waals surface area (Å²) < 4.78 is 12.8. The lowest BCUT2D eigenvalue weighted by Gasteiger charge is -2.57. The number of fused-ring (bicyclic) bond motifs is 1. The van der Waals surface area contributed by atoms with Gasteiger partial charge in [-0.2, -0.15) is 0 Å². The number of hydrogen-bond donors (Lipinski definition) is 2. The lowest BCUT2D eigenvalue weighted by Crippen LogP contribution is -2.48. The molecular weight excluding hydrogens is 472 g/mol. The standard InChI is InChI=1S/C34H44O4/c35-3-5-37-31-14-30(34-18-24-10-25(19-34)12-26(11-24)20-34)32(38-6-4-36)29-13-27(1-2-28(29)31)33-15-21-7-22(16-33)9-23(8-21)17-33/h1-2,13-14,21-26,35-36H,3-12,15-20H2. The Balaban J connectivity index is 1.30. The van der Waals surface area contributed by atoms with Crippen molar-refractivity contribution < 1.29 is 19.7 Å². The Morgan fingerprint density at radius 2 is 1.11 bits per heavy atom. The zero-order valence-electron chi connectivity index (χ0n) is 22.8. The summed E-state index contributed by atoms with van der Waals surface area (Å²) in [6.45, 7) is 0.678. The molecule has 0 heterocycles. The summed E-state index contributed by atoms with van der Waals surface area (Å²) in [4.78, 5) is 0. The lowest BCUT2D eigenvalue weighted by atomic mass is 9.47.